The summed E-state index contributed by atoms with van der Waals surface area (Å²) in [6, 6.07) is 9.95. The molecule has 1 heterocycles. The van der Waals surface area contributed by atoms with E-state index in [4.69, 9.17) is 13.9 Å². The van der Waals surface area contributed by atoms with E-state index in [-0.39, 0.29) is 17.1 Å². The Balaban J connectivity index is 1.46. The molecular weight excluding hydrogens is 547 g/mol. The molecule has 0 aliphatic rings. The van der Waals surface area contributed by atoms with Gasteiger partial charge in [0, 0.05) is 23.1 Å². The van der Waals surface area contributed by atoms with E-state index in [0.29, 0.717) is 30.4 Å². The summed E-state index contributed by atoms with van der Waals surface area (Å²) in [5.41, 5.74) is -3.15. The molecule has 0 bridgehead atoms. The third-order valence-electron chi connectivity index (χ3n) is 6.59. The minimum Gasteiger partial charge on any atom is -0.493 e. The van der Waals surface area contributed by atoms with Crippen molar-refractivity contribution in [2.45, 2.75) is 69.9 Å². The summed E-state index contributed by atoms with van der Waals surface area (Å²) in [5, 5.41) is 0.356. The van der Waals surface area contributed by atoms with Gasteiger partial charge in [-0.2, -0.15) is 22.0 Å². The second-order valence-corrected chi connectivity index (χ2v) is 9.67. The number of fused-ring (bicyclic) bond motifs is 1. The van der Waals surface area contributed by atoms with Gasteiger partial charge in [0.2, 0.25) is 0 Å². The van der Waals surface area contributed by atoms with Gasteiger partial charge in [-0.3, -0.25) is 0 Å². The number of benzene rings is 2. The summed E-state index contributed by atoms with van der Waals surface area (Å²) in [6.45, 7) is 4.23. The zero-order chi connectivity index (χ0) is 29.9. The van der Waals surface area contributed by atoms with Crippen molar-refractivity contribution in [1.82, 2.24) is 0 Å². The first-order valence-corrected chi connectivity index (χ1v) is 13.6. The molecule has 0 N–H and O–H groups in total. The molecule has 2 aromatic carbocycles. The number of ether oxygens (including phenoxy) is 2. The Kier molecular flexibility index (Phi) is 11.5. The first-order chi connectivity index (χ1) is 19.5. The van der Waals surface area contributed by atoms with Crippen molar-refractivity contribution < 1.29 is 40.6 Å². The molecular formula is C31H33F5O5. The lowest BCUT2D eigenvalue weighted by Crippen LogP contribution is -2.34. The molecule has 41 heavy (non-hydrogen) atoms. The number of unbranched alkanes of at least 4 members (excludes halogenated alkanes) is 8. The van der Waals surface area contributed by atoms with Gasteiger partial charge in [-0.05, 0) is 36.6 Å². The van der Waals surface area contributed by atoms with Gasteiger partial charge in [-0.15, -0.1) is 0 Å². The molecule has 5 nitrogen and oxygen atoms in total. The van der Waals surface area contributed by atoms with Crippen LogP contribution in [-0.4, -0.2) is 25.4 Å². The van der Waals surface area contributed by atoms with Crippen molar-refractivity contribution in [2.24, 2.45) is 0 Å². The molecule has 0 aliphatic heterocycles. The number of esters is 1. The lowest BCUT2D eigenvalue weighted by atomic mass is 9.95. The van der Waals surface area contributed by atoms with E-state index >= 15 is 0 Å². The van der Waals surface area contributed by atoms with E-state index in [1.807, 2.05) is 0 Å². The van der Waals surface area contributed by atoms with Gasteiger partial charge < -0.3 is 13.9 Å². The highest BCUT2D eigenvalue weighted by atomic mass is 19.4. The normalized spacial score (nSPS) is 11.9. The number of rotatable bonds is 16. The van der Waals surface area contributed by atoms with E-state index < -0.39 is 28.9 Å². The molecule has 3 aromatic rings. The van der Waals surface area contributed by atoms with Gasteiger partial charge in [-0.25, -0.2) is 9.59 Å². The molecule has 3 rings (SSSR count). The Morgan fingerprint density at radius 1 is 0.805 bits per heavy atom. The van der Waals surface area contributed by atoms with Crippen LogP contribution >= 0.6 is 0 Å². The Hall–Kier alpha value is -3.69. The molecule has 0 saturated heterocycles. The van der Waals surface area contributed by atoms with Crippen LogP contribution in [0.25, 0.3) is 22.1 Å². The standard InChI is InChI=1S/C31H33F5O5/c1-2-28(37)40-19-13-9-7-5-3-4-6-8-12-18-39-23-17-16-22-20-25(29(38)41-27(22)21-23)24-14-10-11-15-26(24)30(32,33)31(34,35)36/h2,10-11,14-17,20-21H,1,3-9,12-13,18-19H2. The molecule has 0 aliphatic carbocycles. The maximum Gasteiger partial charge on any atom is 0.458 e. The maximum absolute atomic E-state index is 14.2. The van der Waals surface area contributed by atoms with Gasteiger partial charge in [0.15, 0.2) is 0 Å². The Morgan fingerprint density at radius 3 is 2.05 bits per heavy atom. The van der Waals surface area contributed by atoms with Crippen LogP contribution in [0.4, 0.5) is 22.0 Å². The predicted octanol–water partition coefficient (Wildman–Crippen LogP) is 8.73. The molecule has 0 amide bonds. The van der Waals surface area contributed by atoms with Crippen molar-refractivity contribution in [3.05, 3.63) is 77.2 Å². The van der Waals surface area contributed by atoms with Crippen LogP contribution < -0.4 is 10.4 Å². The molecule has 0 radical (unpaired) electrons. The topological polar surface area (TPSA) is 65.7 Å². The van der Waals surface area contributed by atoms with Crippen LogP contribution in [0, 0.1) is 0 Å². The zero-order valence-corrected chi connectivity index (χ0v) is 22.6. The number of halogens is 5. The first-order valence-electron chi connectivity index (χ1n) is 13.6. The number of carbonyl (C=O) groups is 1. The molecule has 1 aromatic heterocycles. The zero-order valence-electron chi connectivity index (χ0n) is 22.6. The lowest BCUT2D eigenvalue weighted by molar-refractivity contribution is -0.289. The summed E-state index contributed by atoms with van der Waals surface area (Å²) in [7, 11) is 0. The Morgan fingerprint density at radius 2 is 1.41 bits per heavy atom. The van der Waals surface area contributed by atoms with Crippen molar-refractivity contribution in [2.75, 3.05) is 13.2 Å². The fourth-order valence-electron chi connectivity index (χ4n) is 4.38. The average Bonchev–Trinajstić information content (AvgIpc) is 2.94. The van der Waals surface area contributed by atoms with E-state index in [0.717, 1.165) is 76.0 Å². The van der Waals surface area contributed by atoms with Crippen LogP contribution in [-0.2, 0) is 15.5 Å². The van der Waals surface area contributed by atoms with Crippen molar-refractivity contribution in [3.63, 3.8) is 0 Å². The summed E-state index contributed by atoms with van der Waals surface area (Å²) >= 11 is 0. The van der Waals surface area contributed by atoms with Gasteiger partial charge >= 0.3 is 23.7 Å². The lowest BCUT2D eigenvalue weighted by Gasteiger charge is -2.22. The minimum atomic E-state index is -5.82. The smallest absolute Gasteiger partial charge is 0.458 e. The number of alkyl halides is 5. The SMILES string of the molecule is C=CC(=O)OCCCCCCCCCCCOc1ccc2cc(-c3ccccc3C(F)(F)C(F)(F)F)c(=O)oc2c1. The largest absolute Gasteiger partial charge is 0.493 e. The van der Waals surface area contributed by atoms with Gasteiger partial charge in [-0.1, -0.05) is 75.8 Å². The molecule has 0 unspecified atom stereocenters. The molecule has 0 saturated carbocycles. The van der Waals surface area contributed by atoms with Crippen molar-refractivity contribution >= 4 is 16.9 Å². The molecule has 0 fully saturated rings. The Bertz CT molecular complexity index is 1360. The predicted molar refractivity (Wildman–Crippen MR) is 146 cm³/mol. The quantitative estimate of drug-likeness (QED) is 0.0557. The van der Waals surface area contributed by atoms with Crippen LogP contribution in [0.5, 0.6) is 5.75 Å². The van der Waals surface area contributed by atoms with Gasteiger partial charge in [0.25, 0.3) is 0 Å². The molecule has 0 spiro atoms. The number of hydrogen-bond acceptors (Lipinski definition) is 5. The van der Waals surface area contributed by atoms with Gasteiger partial charge in [0.05, 0.1) is 18.8 Å². The van der Waals surface area contributed by atoms with E-state index in [1.165, 1.54) is 18.2 Å². The van der Waals surface area contributed by atoms with Crippen LogP contribution in [0.3, 0.4) is 0 Å². The van der Waals surface area contributed by atoms with Gasteiger partial charge in [0.1, 0.15) is 11.3 Å². The summed E-state index contributed by atoms with van der Waals surface area (Å²) in [5.74, 6) is -5.08. The monoisotopic (exact) mass is 580 g/mol. The third-order valence-corrected chi connectivity index (χ3v) is 6.59. The fourth-order valence-corrected chi connectivity index (χ4v) is 4.38. The van der Waals surface area contributed by atoms with Crippen molar-refractivity contribution in [3.8, 4) is 16.9 Å². The summed E-state index contributed by atoms with van der Waals surface area (Å²) < 4.78 is 83.4. The van der Waals surface area contributed by atoms with E-state index in [1.54, 1.807) is 12.1 Å². The first kappa shape index (κ1) is 31.8. The third kappa shape index (κ3) is 8.90. The highest BCUT2D eigenvalue weighted by molar-refractivity contribution is 5.83. The second-order valence-electron chi connectivity index (χ2n) is 9.67. The second kappa shape index (κ2) is 14.8. The minimum absolute atomic E-state index is 0.134. The highest BCUT2D eigenvalue weighted by Gasteiger charge is 2.59. The highest BCUT2D eigenvalue weighted by Crippen LogP contribution is 2.46. The molecule has 10 heteroatoms. The molecule has 0 atom stereocenters. The fraction of sp³-hybridized carbons (Fsp3) is 0.419. The average molecular weight is 581 g/mol. The number of carbonyl (C=O) groups excluding carboxylic acids is 1. The molecule has 222 valence electrons. The van der Waals surface area contributed by atoms with Crippen LogP contribution in [0.2, 0.25) is 0 Å². The Labute approximate surface area is 235 Å². The van der Waals surface area contributed by atoms with Crippen LogP contribution in [0.15, 0.2) is 70.4 Å². The van der Waals surface area contributed by atoms with E-state index in [2.05, 4.69) is 6.58 Å². The van der Waals surface area contributed by atoms with E-state index in [9.17, 15) is 31.5 Å². The maximum atomic E-state index is 14.2. The van der Waals surface area contributed by atoms with Crippen molar-refractivity contribution in [1.29, 1.82) is 0 Å². The summed E-state index contributed by atoms with van der Waals surface area (Å²) in [6.07, 6.45) is 4.59. The summed E-state index contributed by atoms with van der Waals surface area (Å²) in [4.78, 5) is 23.6. The number of hydrogen-bond donors (Lipinski definition) is 0. The van der Waals surface area contributed by atoms with Crippen LogP contribution in [0.1, 0.15) is 63.4 Å².